The van der Waals surface area contributed by atoms with Crippen molar-refractivity contribution in [1.82, 2.24) is 4.90 Å². The van der Waals surface area contributed by atoms with Crippen molar-refractivity contribution < 1.29 is 14.7 Å². The van der Waals surface area contributed by atoms with Gasteiger partial charge < -0.3 is 10.0 Å². The smallest absolute Gasteiger partial charge is 0.307 e. The van der Waals surface area contributed by atoms with Crippen molar-refractivity contribution in [3.63, 3.8) is 0 Å². The number of amides is 1. The first-order chi connectivity index (χ1) is 9.93. The Morgan fingerprint density at radius 3 is 2.57 bits per heavy atom. The number of hydrogen-bond acceptors (Lipinski definition) is 2. The third-order valence-corrected chi connectivity index (χ3v) is 4.68. The number of rotatable bonds is 4. The summed E-state index contributed by atoms with van der Waals surface area (Å²) in [6.45, 7) is 3.29. The molecular weight excluding hydrogens is 266 g/mol. The lowest BCUT2D eigenvalue weighted by atomic mass is 9.86. The van der Waals surface area contributed by atoms with Crippen LogP contribution >= 0.6 is 0 Å². The molecule has 0 saturated heterocycles. The Morgan fingerprint density at radius 2 is 1.90 bits per heavy atom. The third kappa shape index (κ3) is 3.09. The van der Waals surface area contributed by atoms with Gasteiger partial charge in [-0.2, -0.15) is 0 Å². The molecule has 3 atom stereocenters. The van der Waals surface area contributed by atoms with E-state index in [0.717, 1.165) is 19.3 Å². The maximum Gasteiger partial charge on any atom is 0.307 e. The van der Waals surface area contributed by atoms with E-state index in [1.807, 2.05) is 12.1 Å². The average molecular weight is 289 g/mol. The van der Waals surface area contributed by atoms with E-state index < -0.39 is 17.8 Å². The molecule has 0 radical (unpaired) electrons. The summed E-state index contributed by atoms with van der Waals surface area (Å²) in [4.78, 5) is 25.4. The molecule has 0 bridgehead atoms. The summed E-state index contributed by atoms with van der Waals surface area (Å²) in [6.07, 6.45) is 3.05. The molecule has 2 rings (SSSR count). The molecule has 1 aliphatic rings. The average Bonchev–Trinajstić information content (AvgIpc) is 2.51. The number of carboxylic acid groups (broad SMARTS) is 1. The molecule has 0 aromatic heterocycles. The highest BCUT2D eigenvalue weighted by Gasteiger charge is 2.32. The van der Waals surface area contributed by atoms with Gasteiger partial charge in [-0.05, 0) is 30.4 Å². The lowest BCUT2D eigenvalue weighted by molar-refractivity contribution is -0.149. The van der Waals surface area contributed by atoms with Crippen LogP contribution in [-0.4, -0.2) is 28.9 Å². The molecule has 4 heteroatoms. The largest absolute Gasteiger partial charge is 0.481 e. The van der Waals surface area contributed by atoms with Crippen LogP contribution in [0.1, 0.15) is 43.9 Å². The minimum atomic E-state index is -0.923. The first-order valence-electron chi connectivity index (χ1n) is 7.50. The van der Waals surface area contributed by atoms with Crippen molar-refractivity contribution in [1.29, 1.82) is 0 Å². The number of aryl methyl sites for hydroxylation is 1. The highest BCUT2D eigenvalue weighted by molar-refractivity contribution is 5.84. The van der Waals surface area contributed by atoms with Crippen molar-refractivity contribution in [2.75, 3.05) is 7.05 Å². The fourth-order valence-corrected chi connectivity index (χ4v) is 3.03. The van der Waals surface area contributed by atoms with Gasteiger partial charge in [-0.15, -0.1) is 0 Å². The van der Waals surface area contributed by atoms with Crippen LogP contribution < -0.4 is 0 Å². The van der Waals surface area contributed by atoms with E-state index in [0.29, 0.717) is 0 Å². The van der Waals surface area contributed by atoms with Crippen molar-refractivity contribution in [3.8, 4) is 0 Å². The summed E-state index contributed by atoms with van der Waals surface area (Å²) in [5, 5.41) is 9.08. The van der Waals surface area contributed by atoms with E-state index in [4.69, 9.17) is 5.11 Å². The van der Waals surface area contributed by atoms with Crippen molar-refractivity contribution in [2.24, 2.45) is 11.8 Å². The zero-order chi connectivity index (χ0) is 15.6. The maximum absolute atomic E-state index is 12.6. The molecular formula is C17H23NO3. The molecule has 0 saturated carbocycles. The lowest BCUT2D eigenvalue weighted by Gasteiger charge is -2.35. The Balaban J connectivity index is 2.19. The zero-order valence-corrected chi connectivity index (χ0v) is 12.9. The van der Waals surface area contributed by atoms with E-state index in [2.05, 4.69) is 12.1 Å². The number of benzene rings is 1. The Labute approximate surface area is 125 Å². The van der Waals surface area contributed by atoms with Crippen LogP contribution in [0.5, 0.6) is 0 Å². The first kappa shape index (κ1) is 15.5. The summed E-state index contributed by atoms with van der Waals surface area (Å²) < 4.78 is 0. The van der Waals surface area contributed by atoms with E-state index >= 15 is 0 Å². The highest BCUT2D eigenvalue weighted by Crippen LogP contribution is 2.34. The first-order valence-corrected chi connectivity index (χ1v) is 7.50. The third-order valence-electron chi connectivity index (χ3n) is 4.68. The van der Waals surface area contributed by atoms with E-state index in [1.54, 1.807) is 25.8 Å². The molecule has 1 N–H and O–H groups in total. The number of fused-ring (bicyclic) bond motifs is 1. The van der Waals surface area contributed by atoms with Crippen LogP contribution in [0.4, 0.5) is 0 Å². The summed E-state index contributed by atoms with van der Waals surface area (Å²) in [7, 11) is 1.79. The molecule has 0 aliphatic heterocycles. The molecule has 1 aromatic carbocycles. The zero-order valence-electron chi connectivity index (χ0n) is 12.9. The van der Waals surface area contributed by atoms with Gasteiger partial charge in [0.25, 0.3) is 0 Å². The molecule has 1 amide bonds. The van der Waals surface area contributed by atoms with Crippen LogP contribution in [0.2, 0.25) is 0 Å². The second-order valence-corrected chi connectivity index (χ2v) is 5.97. The molecule has 0 fully saturated rings. The van der Waals surface area contributed by atoms with Gasteiger partial charge >= 0.3 is 5.97 Å². The van der Waals surface area contributed by atoms with Crippen LogP contribution in [0.15, 0.2) is 24.3 Å². The van der Waals surface area contributed by atoms with E-state index in [1.165, 1.54) is 11.1 Å². The van der Waals surface area contributed by atoms with E-state index in [9.17, 15) is 9.59 Å². The normalized spacial score (nSPS) is 20.2. The van der Waals surface area contributed by atoms with Gasteiger partial charge in [0, 0.05) is 13.0 Å². The molecule has 114 valence electrons. The van der Waals surface area contributed by atoms with Gasteiger partial charge in [0.2, 0.25) is 5.91 Å². The maximum atomic E-state index is 12.6. The van der Waals surface area contributed by atoms with Crippen LogP contribution in [0, 0.1) is 11.8 Å². The molecule has 3 unspecified atom stereocenters. The van der Waals surface area contributed by atoms with Crippen LogP contribution in [0.3, 0.4) is 0 Å². The second kappa shape index (κ2) is 6.29. The molecule has 1 aromatic rings. The fraction of sp³-hybridized carbons (Fsp3) is 0.529. The Hall–Kier alpha value is -1.84. The lowest BCUT2D eigenvalue weighted by Crippen LogP contribution is -2.40. The number of aliphatic carboxylic acids is 1. The summed E-state index contributed by atoms with van der Waals surface area (Å²) in [6, 6.07) is 8.28. The minimum absolute atomic E-state index is 0.0610. The van der Waals surface area contributed by atoms with Gasteiger partial charge in [-0.3, -0.25) is 9.59 Å². The fourth-order valence-electron chi connectivity index (χ4n) is 3.03. The van der Waals surface area contributed by atoms with Gasteiger partial charge in [-0.25, -0.2) is 0 Å². The highest BCUT2D eigenvalue weighted by atomic mass is 16.4. The molecule has 0 heterocycles. The van der Waals surface area contributed by atoms with Gasteiger partial charge in [0.05, 0.1) is 12.0 Å². The summed E-state index contributed by atoms with van der Waals surface area (Å²) in [5.41, 5.74) is 2.50. The van der Waals surface area contributed by atoms with Crippen molar-refractivity contribution in [2.45, 2.75) is 39.2 Å². The Kier molecular flexibility index (Phi) is 4.66. The predicted molar refractivity (Wildman–Crippen MR) is 80.9 cm³/mol. The quantitative estimate of drug-likeness (QED) is 0.927. The second-order valence-electron chi connectivity index (χ2n) is 5.97. The number of carboxylic acids is 1. The Morgan fingerprint density at radius 1 is 1.24 bits per heavy atom. The van der Waals surface area contributed by atoms with Crippen LogP contribution in [-0.2, 0) is 16.0 Å². The van der Waals surface area contributed by atoms with Gasteiger partial charge in [-0.1, -0.05) is 38.1 Å². The number of carbonyl (C=O) groups excluding carboxylic acids is 1. The van der Waals surface area contributed by atoms with Gasteiger partial charge in [0.1, 0.15) is 0 Å². The number of carbonyl (C=O) groups is 2. The monoisotopic (exact) mass is 289 g/mol. The SMILES string of the molecule is CC(C(=O)O)C(C)C(=O)N(C)C1CCCc2ccccc21. The molecule has 1 aliphatic carbocycles. The van der Waals surface area contributed by atoms with E-state index in [-0.39, 0.29) is 11.9 Å². The van der Waals surface area contributed by atoms with Crippen molar-refractivity contribution in [3.05, 3.63) is 35.4 Å². The Bertz CT molecular complexity index is 541. The molecule has 0 spiro atoms. The number of nitrogens with zero attached hydrogens (tertiary/aromatic N) is 1. The standard InChI is InChI=1S/C17H23NO3/c1-11(12(2)17(20)21)16(19)18(3)15-10-6-8-13-7-4-5-9-14(13)15/h4-5,7,9,11-12,15H,6,8,10H2,1-3H3,(H,20,21). The molecule has 4 nitrogen and oxygen atoms in total. The van der Waals surface area contributed by atoms with Gasteiger partial charge in [0.15, 0.2) is 0 Å². The van der Waals surface area contributed by atoms with Crippen molar-refractivity contribution >= 4 is 11.9 Å². The predicted octanol–water partition coefficient (Wildman–Crippen LogP) is 2.88. The number of hydrogen-bond donors (Lipinski definition) is 1. The molecule has 21 heavy (non-hydrogen) atoms. The van der Waals surface area contributed by atoms with Crippen LogP contribution in [0.25, 0.3) is 0 Å². The summed E-state index contributed by atoms with van der Waals surface area (Å²) in [5.74, 6) is -2.19. The minimum Gasteiger partial charge on any atom is -0.481 e. The topological polar surface area (TPSA) is 57.6 Å². The summed E-state index contributed by atoms with van der Waals surface area (Å²) >= 11 is 0.